The highest BCUT2D eigenvalue weighted by molar-refractivity contribution is 5.89. The standard InChI is InChI=1S/C22H22N4O6/c1-29-16-7-5-14(6-8-16)25-22(28)32-18-12-31-19-17(11-30-20(18)19)26-21(27)24-15-4-2-3-13(9-15)10-23/h2-9,17-20H,11-12H2,1H3,(H,25,28)(H2,24,26,27)/t17-,18+,19+,20+/m0/s1. The third-order valence-corrected chi connectivity index (χ3v) is 5.17. The van der Waals surface area contributed by atoms with E-state index in [4.69, 9.17) is 24.2 Å². The van der Waals surface area contributed by atoms with Gasteiger partial charge in [-0.25, -0.2) is 9.59 Å². The zero-order valence-electron chi connectivity index (χ0n) is 17.2. The minimum absolute atomic E-state index is 0.162. The molecule has 2 aliphatic heterocycles. The fraction of sp³-hybridized carbons (Fsp3) is 0.318. The van der Waals surface area contributed by atoms with Crippen molar-refractivity contribution in [1.29, 1.82) is 5.26 Å². The lowest BCUT2D eigenvalue weighted by atomic mass is 10.1. The first-order valence-electron chi connectivity index (χ1n) is 9.98. The van der Waals surface area contributed by atoms with Gasteiger partial charge < -0.3 is 29.6 Å². The molecule has 0 bridgehead atoms. The van der Waals surface area contributed by atoms with Crippen molar-refractivity contribution < 1.29 is 28.5 Å². The summed E-state index contributed by atoms with van der Waals surface area (Å²) in [6, 6.07) is 14.6. The quantitative estimate of drug-likeness (QED) is 0.654. The van der Waals surface area contributed by atoms with E-state index in [9.17, 15) is 9.59 Å². The summed E-state index contributed by atoms with van der Waals surface area (Å²) in [6.07, 6.45) is -2.14. The van der Waals surface area contributed by atoms with E-state index in [1.54, 1.807) is 55.6 Å². The van der Waals surface area contributed by atoms with Crippen LogP contribution in [0.5, 0.6) is 5.75 Å². The molecule has 0 radical (unpaired) electrons. The van der Waals surface area contributed by atoms with Crippen LogP contribution in [0.15, 0.2) is 48.5 Å². The van der Waals surface area contributed by atoms with Gasteiger partial charge in [-0.1, -0.05) is 6.07 Å². The van der Waals surface area contributed by atoms with Crippen molar-refractivity contribution in [2.24, 2.45) is 0 Å². The molecule has 0 aromatic heterocycles. The maximum atomic E-state index is 12.3. The van der Waals surface area contributed by atoms with Crippen LogP contribution in [0.3, 0.4) is 0 Å². The maximum Gasteiger partial charge on any atom is 0.412 e. The van der Waals surface area contributed by atoms with Gasteiger partial charge in [-0.3, -0.25) is 5.32 Å². The molecule has 2 aromatic rings. The largest absolute Gasteiger partial charge is 0.497 e. The second-order valence-corrected chi connectivity index (χ2v) is 7.29. The number of ether oxygens (including phenoxy) is 4. The van der Waals surface area contributed by atoms with Crippen LogP contribution in [0, 0.1) is 11.3 Å². The van der Waals surface area contributed by atoms with E-state index in [0.29, 0.717) is 22.7 Å². The highest BCUT2D eigenvalue weighted by Gasteiger charge is 2.50. The van der Waals surface area contributed by atoms with Gasteiger partial charge in [0.1, 0.15) is 18.0 Å². The number of carbonyl (C=O) groups excluding carboxylic acids is 2. The Morgan fingerprint density at radius 3 is 2.56 bits per heavy atom. The number of benzene rings is 2. The molecule has 4 rings (SSSR count). The predicted molar refractivity (Wildman–Crippen MR) is 113 cm³/mol. The Kier molecular flexibility index (Phi) is 6.39. The fourth-order valence-electron chi connectivity index (χ4n) is 3.65. The number of amides is 3. The number of hydrogen-bond acceptors (Lipinski definition) is 7. The Balaban J connectivity index is 1.27. The zero-order chi connectivity index (χ0) is 22.5. The SMILES string of the molecule is COc1ccc(NC(=O)O[C@@H]2CO[C@H]3[C@@H]2OC[C@@H]3NC(=O)Nc2cccc(C#N)c2)cc1. The van der Waals surface area contributed by atoms with Gasteiger partial charge in [0.2, 0.25) is 0 Å². The molecule has 2 aliphatic rings. The number of rotatable bonds is 5. The summed E-state index contributed by atoms with van der Waals surface area (Å²) in [5.41, 5.74) is 1.51. The third-order valence-electron chi connectivity index (χ3n) is 5.17. The maximum absolute atomic E-state index is 12.3. The molecule has 3 amide bonds. The van der Waals surface area contributed by atoms with E-state index in [0.717, 1.165) is 0 Å². The summed E-state index contributed by atoms with van der Waals surface area (Å²) in [5, 5.41) is 17.1. The average molecular weight is 438 g/mol. The van der Waals surface area contributed by atoms with Gasteiger partial charge in [0, 0.05) is 11.4 Å². The van der Waals surface area contributed by atoms with Gasteiger partial charge in [0.25, 0.3) is 0 Å². The molecular formula is C22H22N4O6. The molecule has 166 valence electrons. The van der Waals surface area contributed by atoms with Crippen molar-refractivity contribution in [3.8, 4) is 11.8 Å². The van der Waals surface area contributed by atoms with E-state index in [1.165, 1.54) is 0 Å². The molecule has 0 saturated carbocycles. The van der Waals surface area contributed by atoms with Crippen LogP contribution in [0.1, 0.15) is 5.56 Å². The second-order valence-electron chi connectivity index (χ2n) is 7.29. The highest BCUT2D eigenvalue weighted by atomic mass is 16.6. The van der Waals surface area contributed by atoms with Crippen molar-refractivity contribution in [1.82, 2.24) is 5.32 Å². The summed E-state index contributed by atoms with van der Waals surface area (Å²) in [5.74, 6) is 0.677. The number of fused-ring (bicyclic) bond motifs is 1. The van der Waals surface area contributed by atoms with Gasteiger partial charge in [-0.15, -0.1) is 0 Å². The van der Waals surface area contributed by atoms with Crippen LogP contribution in [-0.4, -0.2) is 56.8 Å². The van der Waals surface area contributed by atoms with Crippen molar-refractivity contribution in [2.45, 2.75) is 24.4 Å². The van der Waals surface area contributed by atoms with Crippen molar-refractivity contribution in [2.75, 3.05) is 31.0 Å². The van der Waals surface area contributed by atoms with Crippen LogP contribution < -0.4 is 20.7 Å². The Labute approximate surface area is 184 Å². The molecule has 10 heteroatoms. The molecule has 0 unspecified atom stereocenters. The smallest absolute Gasteiger partial charge is 0.412 e. The minimum Gasteiger partial charge on any atom is -0.497 e. The number of methoxy groups -OCH3 is 1. The first-order chi connectivity index (χ1) is 15.6. The lowest BCUT2D eigenvalue weighted by molar-refractivity contribution is 0.00873. The Bertz CT molecular complexity index is 1020. The first kappa shape index (κ1) is 21.4. The van der Waals surface area contributed by atoms with Crippen LogP contribution in [0.4, 0.5) is 21.0 Å². The van der Waals surface area contributed by atoms with Crippen molar-refractivity contribution >= 4 is 23.5 Å². The van der Waals surface area contributed by atoms with E-state index >= 15 is 0 Å². The second kappa shape index (κ2) is 9.55. The molecule has 2 aromatic carbocycles. The summed E-state index contributed by atoms with van der Waals surface area (Å²) in [6.45, 7) is 0.385. The summed E-state index contributed by atoms with van der Waals surface area (Å²) >= 11 is 0. The number of nitrogens with zero attached hydrogens (tertiary/aromatic N) is 1. The topological polar surface area (TPSA) is 131 Å². The van der Waals surface area contributed by atoms with Gasteiger partial charge >= 0.3 is 12.1 Å². The number of carbonyl (C=O) groups is 2. The van der Waals surface area contributed by atoms with Crippen molar-refractivity contribution in [3.05, 3.63) is 54.1 Å². The van der Waals surface area contributed by atoms with Gasteiger partial charge in [-0.2, -0.15) is 5.26 Å². The average Bonchev–Trinajstić information content (AvgIpc) is 3.37. The molecular weight excluding hydrogens is 416 g/mol. The number of nitrogens with one attached hydrogen (secondary N) is 3. The van der Waals surface area contributed by atoms with Crippen LogP contribution in [0.2, 0.25) is 0 Å². The highest BCUT2D eigenvalue weighted by Crippen LogP contribution is 2.29. The molecule has 0 spiro atoms. The van der Waals surface area contributed by atoms with E-state index < -0.39 is 36.5 Å². The molecule has 4 atom stereocenters. The van der Waals surface area contributed by atoms with E-state index in [2.05, 4.69) is 16.0 Å². The van der Waals surface area contributed by atoms with E-state index in [-0.39, 0.29) is 13.2 Å². The molecule has 2 saturated heterocycles. The monoisotopic (exact) mass is 438 g/mol. The van der Waals surface area contributed by atoms with Crippen molar-refractivity contribution in [3.63, 3.8) is 0 Å². The van der Waals surface area contributed by atoms with Gasteiger partial charge in [-0.05, 0) is 42.5 Å². The summed E-state index contributed by atoms with van der Waals surface area (Å²) < 4.78 is 22.0. The lowest BCUT2D eigenvalue weighted by Crippen LogP contribution is -2.46. The third kappa shape index (κ3) is 4.91. The fourth-order valence-corrected chi connectivity index (χ4v) is 3.65. The molecule has 2 fully saturated rings. The first-order valence-corrected chi connectivity index (χ1v) is 9.98. The van der Waals surface area contributed by atoms with E-state index in [1.807, 2.05) is 6.07 Å². The number of nitriles is 1. The molecule has 0 aliphatic carbocycles. The Hall–Kier alpha value is -3.81. The normalized spacial score (nSPS) is 23.5. The molecule has 32 heavy (non-hydrogen) atoms. The number of hydrogen-bond donors (Lipinski definition) is 3. The van der Waals surface area contributed by atoms with Gasteiger partial charge in [0.15, 0.2) is 6.10 Å². The Morgan fingerprint density at radius 2 is 1.81 bits per heavy atom. The Morgan fingerprint density at radius 1 is 1.03 bits per heavy atom. The zero-order valence-corrected chi connectivity index (χ0v) is 17.2. The predicted octanol–water partition coefficient (Wildman–Crippen LogP) is 2.47. The van der Waals surface area contributed by atoms with Crippen LogP contribution in [-0.2, 0) is 14.2 Å². The molecule has 10 nitrogen and oxygen atoms in total. The molecule has 2 heterocycles. The lowest BCUT2D eigenvalue weighted by Gasteiger charge is -2.18. The minimum atomic E-state index is -0.625. The number of urea groups is 1. The summed E-state index contributed by atoms with van der Waals surface area (Å²) in [7, 11) is 1.56. The van der Waals surface area contributed by atoms with Gasteiger partial charge in [0.05, 0.1) is 38.0 Å². The van der Waals surface area contributed by atoms with Crippen LogP contribution >= 0.6 is 0 Å². The number of anilines is 2. The molecule has 3 N–H and O–H groups in total. The summed E-state index contributed by atoms with van der Waals surface area (Å²) in [4.78, 5) is 24.6. The van der Waals surface area contributed by atoms with Crippen LogP contribution in [0.25, 0.3) is 0 Å².